The zero-order chi connectivity index (χ0) is 18.3. The first kappa shape index (κ1) is 18.8. The number of nitrogens with zero attached hydrogens (tertiary/aromatic N) is 3. The van der Waals surface area contributed by atoms with Crippen LogP contribution in [0.5, 0.6) is 0 Å². The predicted molar refractivity (Wildman–Crippen MR) is 107 cm³/mol. The van der Waals surface area contributed by atoms with E-state index in [1.54, 1.807) is 18.3 Å². The monoisotopic (exact) mass is 355 g/mol. The van der Waals surface area contributed by atoms with Crippen LogP contribution in [0.25, 0.3) is 5.70 Å². The number of benzene rings is 2. The van der Waals surface area contributed by atoms with Crippen molar-refractivity contribution >= 4 is 24.7 Å². The second-order valence-corrected chi connectivity index (χ2v) is 10.4. The topological polar surface area (TPSA) is 67.9 Å². The molecule has 0 fully saturated rings. The highest BCUT2D eigenvalue weighted by Gasteiger charge is 2.03. The third-order valence-corrected chi connectivity index (χ3v) is 4.03. The van der Waals surface area contributed by atoms with Crippen LogP contribution in [-0.4, -0.2) is 37.7 Å². The van der Waals surface area contributed by atoms with Gasteiger partial charge in [-0.15, -0.1) is 0 Å². The normalized spacial score (nSPS) is 12.4. The lowest BCUT2D eigenvalue weighted by molar-refractivity contribution is -0.384. The quantitative estimate of drug-likeness (QED) is 0.311. The molecule has 0 aliphatic carbocycles. The van der Waals surface area contributed by atoms with E-state index in [0.29, 0.717) is 6.54 Å². The molecule has 0 radical (unpaired) electrons. The van der Waals surface area contributed by atoms with E-state index in [2.05, 4.69) is 25.0 Å². The second kappa shape index (κ2) is 8.54. The van der Waals surface area contributed by atoms with Crippen molar-refractivity contribution in [2.75, 3.05) is 26.5 Å². The second-order valence-electron chi connectivity index (χ2n) is 6.34. The lowest BCUT2D eigenvalue weighted by Gasteiger charge is -2.09. The third-order valence-electron chi connectivity index (χ3n) is 3.21. The highest BCUT2D eigenvalue weighted by molar-refractivity contribution is 7.64. The minimum Gasteiger partial charge on any atom is -0.288 e. The van der Waals surface area contributed by atoms with Gasteiger partial charge in [0.1, 0.15) is 0 Å². The van der Waals surface area contributed by atoms with E-state index < -0.39 is 12.0 Å². The molecule has 2 rings (SSSR count). The van der Waals surface area contributed by atoms with Crippen LogP contribution in [0.3, 0.4) is 0 Å². The number of nitro groups is 1. The molecule has 0 amide bonds. The molecule has 5 nitrogen and oxygen atoms in total. The van der Waals surface area contributed by atoms with Gasteiger partial charge in [-0.05, 0) is 56.4 Å². The fraction of sp³-hybridized carbons (Fsp3) is 0.211. The van der Waals surface area contributed by atoms with E-state index in [1.807, 2.05) is 36.4 Å². The molecule has 0 bridgehead atoms. The summed E-state index contributed by atoms with van der Waals surface area (Å²) < 4.78 is 4.88. The molecular formula is C19H22N3O2P. The minimum absolute atomic E-state index is 0.0800. The smallest absolute Gasteiger partial charge is 0.269 e. The predicted octanol–water partition coefficient (Wildman–Crippen LogP) is 5.15. The highest BCUT2D eigenvalue weighted by atomic mass is 31.2. The van der Waals surface area contributed by atoms with Gasteiger partial charge in [0.25, 0.3) is 5.69 Å². The number of non-ortho nitro benzene ring substituents is 1. The lowest BCUT2D eigenvalue weighted by Crippen LogP contribution is -1.89. The van der Waals surface area contributed by atoms with E-state index >= 15 is 0 Å². The van der Waals surface area contributed by atoms with E-state index in [1.165, 1.54) is 12.1 Å². The molecule has 0 aliphatic heterocycles. The van der Waals surface area contributed by atoms with Gasteiger partial charge in [0.05, 0.1) is 17.2 Å². The molecule has 130 valence electrons. The average Bonchev–Trinajstić information content (AvgIpc) is 2.58. The van der Waals surface area contributed by atoms with Gasteiger partial charge < -0.3 is 0 Å². The summed E-state index contributed by atoms with van der Waals surface area (Å²) in [6, 6.07) is 16.4. The van der Waals surface area contributed by atoms with Gasteiger partial charge in [0, 0.05) is 18.3 Å². The summed E-state index contributed by atoms with van der Waals surface area (Å²) in [5, 5.41) is 10.7. The van der Waals surface area contributed by atoms with Crippen molar-refractivity contribution in [3.05, 3.63) is 81.9 Å². The molecule has 0 saturated heterocycles. The molecule has 25 heavy (non-hydrogen) atoms. The van der Waals surface area contributed by atoms with Crippen LogP contribution in [0, 0.1) is 10.1 Å². The van der Waals surface area contributed by atoms with E-state index in [0.717, 1.165) is 16.8 Å². The van der Waals surface area contributed by atoms with Gasteiger partial charge in [-0.2, -0.15) is 0 Å². The van der Waals surface area contributed by atoms with Crippen molar-refractivity contribution in [1.82, 2.24) is 0 Å². The Morgan fingerprint density at radius 1 is 1.08 bits per heavy atom. The fourth-order valence-electron chi connectivity index (χ4n) is 2.13. The first-order chi connectivity index (χ1) is 11.8. The molecule has 0 aromatic heterocycles. The highest BCUT2D eigenvalue weighted by Crippen LogP contribution is 2.39. The van der Waals surface area contributed by atoms with Crippen LogP contribution in [0.15, 0.2) is 70.4 Å². The maximum atomic E-state index is 10.7. The third kappa shape index (κ3) is 6.48. The van der Waals surface area contributed by atoms with Crippen LogP contribution < -0.4 is 0 Å². The lowest BCUT2D eigenvalue weighted by atomic mass is 10.1. The van der Waals surface area contributed by atoms with Crippen molar-refractivity contribution in [1.29, 1.82) is 0 Å². The number of nitro benzene ring substituents is 1. The Kier molecular flexibility index (Phi) is 6.43. The molecule has 0 aliphatic rings. The summed E-state index contributed by atoms with van der Waals surface area (Å²) in [5.74, 6) is 0. The average molecular weight is 355 g/mol. The summed E-state index contributed by atoms with van der Waals surface area (Å²) in [7, 11) is -1.32. The molecule has 0 unspecified atom stereocenters. The Hall–Kier alpha value is -2.52. The molecule has 0 N–H and O–H groups in total. The number of aliphatic imine (C=N–C) groups is 1. The van der Waals surface area contributed by atoms with E-state index in [4.69, 9.17) is 4.74 Å². The van der Waals surface area contributed by atoms with Crippen molar-refractivity contribution in [2.24, 2.45) is 9.74 Å². The SMILES string of the molecule is CP(C)(C)=N/C(=C\CN=Cc1ccc([N+](=O)[O-])cc1)c1ccccc1. The number of rotatable bonds is 6. The maximum Gasteiger partial charge on any atom is 0.269 e. The molecule has 0 atom stereocenters. The van der Waals surface area contributed by atoms with Crippen LogP contribution in [0.2, 0.25) is 0 Å². The summed E-state index contributed by atoms with van der Waals surface area (Å²) in [6.45, 7) is 7.02. The van der Waals surface area contributed by atoms with Gasteiger partial charge in [-0.1, -0.05) is 30.3 Å². The van der Waals surface area contributed by atoms with Gasteiger partial charge in [0.15, 0.2) is 0 Å². The zero-order valence-electron chi connectivity index (χ0n) is 14.7. The molecule has 0 spiro atoms. The minimum atomic E-state index is -1.32. The fourth-order valence-corrected chi connectivity index (χ4v) is 2.97. The molecular weight excluding hydrogens is 333 g/mol. The molecule has 0 heterocycles. The van der Waals surface area contributed by atoms with Crippen LogP contribution in [0.1, 0.15) is 11.1 Å². The number of hydrogen-bond donors (Lipinski definition) is 0. The number of hydrogen-bond acceptors (Lipinski definition) is 4. The molecule has 2 aromatic rings. The first-order valence-corrected chi connectivity index (χ1v) is 11.0. The molecule has 2 aromatic carbocycles. The van der Waals surface area contributed by atoms with E-state index in [9.17, 15) is 10.1 Å². The van der Waals surface area contributed by atoms with Crippen LogP contribution in [0.4, 0.5) is 5.69 Å². The Bertz CT molecular complexity index is 826. The largest absolute Gasteiger partial charge is 0.288 e. The molecule has 6 heteroatoms. The van der Waals surface area contributed by atoms with Gasteiger partial charge in [-0.25, -0.2) is 0 Å². The van der Waals surface area contributed by atoms with Gasteiger partial charge in [0.2, 0.25) is 0 Å². The maximum absolute atomic E-state index is 10.7. The van der Waals surface area contributed by atoms with Gasteiger partial charge in [-0.3, -0.25) is 19.9 Å². The summed E-state index contributed by atoms with van der Waals surface area (Å²) >= 11 is 0. The van der Waals surface area contributed by atoms with Gasteiger partial charge >= 0.3 is 0 Å². The Labute approximate surface area is 148 Å². The van der Waals surface area contributed by atoms with Crippen molar-refractivity contribution in [3.63, 3.8) is 0 Å². The van der Waals surface area contributed by atoms with E-state index in [-0.39, 0.29) is 5.69 Å². The summed E-state index contributed by atoms with van der Waals surface area (Å²) in [6.07, 6.45) is 3.73. The van der Waals surface area contributed by atoms with Crippen molar-refractivity contribution < 1.29 is 4.92 Å². The Morgan fingerprint density at radius 2 is 1.72 bits per heavy atom. The standard InChI is InChI=1S/C19H22N3O2P/c1-25(2,3)21-19(17-7-5-4-6-8-17)13-14-20-15-16-9-11-18(12-10-16)22(23)24/h4-13,15H,14H2,1-3H3/b19-13-,20-15?. The van der Waals surface area contributed by atoms with Crippen LogP contribution >= 0.6 is 7.05 Å². The first-order valence-electron chi connectivity index (χ1n) is 7.90. The Morgan fingerprint density at radius 3 is 2.28 bits per heavy atom. The molecule has 0 saturated carbocycles. The summed E-state index contributed by atoms with van der Waals surface area (Å²) in [5.41, 5.74) is 2.96. The van der Waals surface area contributed by atoms with Crippen LogP contribution in [-0.2, 0) is 0 Å². The Balaban J connectivity index is 2.14. The van der Waals surface area contributed by atoms with Crippen molar-refractivity contribution in [2.45, 2.75) is 0 Å². The van der Waals surface area contributed by atoms with Crippen molar-refractivity contribution in [3.8, 4) is 0 Å². The zero-order valence-corrected chi connectivity index (χ0v) is 15.6. The summed E-state index contributed by atoms with van der Waals surface area (Å²) in [4.78, 5) is 14.6.